The predicted octanol–water partition coefficient (Wildman–Crippen LogP) is 1.82. The van der Waals surface area contributed by atoms with E-state index in [0.29, 0.717) is 0 Å². The summed E-state index contributed by atoms with van der Waals surface area (Å²) >= 11 is 0. The van der Waals surface area contributed by atoms with E-state index in [1.165, 1.54) is 6.07 Å². The van der Waals surface area contributed by atoms with E-state index in [4.69, 9.17) is 0 Å². The number of rotatable bonds is 1. The first kappa shape index (κ1) is 10.0. The molecule has 1 aromatic rings. The highest BCUT2D eigenvalue weighted by Crippen LogP contribution is 2.17. The van der Waals surface area contributed by atoms with E-state index in [0.717, 1.165) is 12.1 Å². The van der Waals surface area contributed by atoms with E-state index >= 15 is 0 Å². The summed E-state index contributed by atoms with van der Waals surface area (Å²) in [5.41, 5.74) is -0.579. The third kappa shape index (κ3) is 2.22. The van der Waals surface area contributed by atoms with Crippen molar-refractivity contribution in [2.45, 2.75) is 0 Å². The molecule has 1 aromatic carbocycles. The highest BCUT2D eigenvalue weighted by molar-refractivity contribution is 5.89. The van der Waals surface area contributed by atoms with Crippen molar-refractivity contribution in [2.24, 2.45) is 16.2 Å². The summed E-state index contributed by atoms with van der Waals surface area (Å²) in [5, 5.41) is 7.33. The molecule has 0 aliphatic carbocycles. The SMILES string of the molecule is NN=NC(=O)Nc1c(F)cccc1F. The van der Waals surface area contributed by atoms with Gasteiger partial charge in [0.25, 0.3) is 0 Å². The molecule has 0 bridgehead atoms. The molecule has 0 radical (unpaired) electrons. The molecule has 0 aliphatic rings. The van der Waals surface area contributed by atoms with Gasteiger partial charge in [0.05, 0.1) is 0 Å². The van der Waals surface area contributed by atoms with Gasteiger partial charge in [-0.3, -0.25) is 5.32 Å². The van der Waals surface area contributed by atoms with Crippen LogP contribution in [0.15, 0.2) is 28.5 Å². The quantitative estimate of drug-likeness (QED) is 0.412. The number of nitrogens with zero attached hydrogens (tertiary/aromatic N) is 2. The Bertz CT molecular complexity index is 360. The standard InChI is InChI=1S/C7H6F2N4O/c8-4-2-1-3-5(9)6(4)11-7(14)12-13-10/h1-3H,(H3,10,11,12,14). The molecular formula is C7H6F2N4O. The normalized spacial score (nSPS) is 10.4. The van der Waals surface area contributed by atoms with Crippen LogP contribution in [0.25, 0.3) is 0 Å². The lowest BCUT2D eigenvalue weighted by atomic mass is 10.3. The second-order valence-corrected chi connectivity index (χ2v) is 2.24. The Morgan fingerprint density at radius 1 is 1.36 bits per heavy atom. The van der Waals surface area contributed by atoms with Gasteiger partial charge in [0, 0.05) is 0 Å². The highest BCUT2D eigenvalue weighted by Gasteiger charge is 2.10. The van der Waals surface area contributed by atoms with Crippen LogP contribution in [0.4, 0.5) is 19.3 Å². The van der Waals surface area contributed by atoms with Gasteiger partial charge in [0.1, 0.15) is 17.3 Å². The van der Waals surface area contributed by atoms with Crippen molar-refractivity contribution in [1.82, 2.24) is 0 Å². The molecule has 0 aliphatic heterocycles. The van der Waals surface area contributed by atoms with Gasteiger partial charge >= 0.3 is 6.03 Å². The van der Waals surface area contributed by atoms with Gasteiger partial charge in [-0.05, 0) is 12.1 Å². The minimum absolute atomic E-state index is 0.579. The maximum absolute atomic E-state index is 12.9. The molecule has 0 saturated carbocycles. The van der Waals surface area contributed by atoms with Crippen LogP contribution in [0.5, 0.6) is 0 Å². The second kappa shape index (κ2) is 4.26. The van der Waals surface area contributed by atoms with Crippen molar-refractivity contribution in [2.75, 3.05) is 5.32 Å². The van der Waals surface area contributed by atoms with Gasteiger partial charge in [-0.2, -0.15) is 0 Å². The molecular weight excluding hydrogens is 194 g/mol. The van der Waals surface area contributed by atoms with Crippen molar-refractivity contribution < 1.29 is 13.6 Å². The molecule has 0 saturated heterocycles. The molecule has 2 amide bonds. The fourth-order valence-corrected chi connectivity index (χ4v) is 0.802. The topological polar surface area (TPSA) is 79.8 Å². The maximum atomic E-state index is 12.9. The average molecular weight is 200 g/mol. The molecule has 7 heteroatoms. The van der Waals surface area contributed by atoms with Gasteiger partial charge in [0.15, 0.2) is 0 Å². The molecule has 0 unspecified atom stereocenters. The number of carbonyl (C=O) groups is 1. The summed E-state index contributed by atoms with van der Waals surface area (Å²) in [6.07, 6.45) is 0. The number of benzene rings is 1. The minimum Gasteiger partial charge on any atom is -0.304 e. The van der Waals surface area contributed by atoms with Crippen molar-refractivity contribution in [3.63, 3.8) is 0 Å². The molecule has 5 nitrogen and oxygen atoms in total. The van der Waals surface area contributed by atoms with E-state index in [9.17, 15) is 13.6 Å². The number of hydrogen-bond donors (Lipinski definition) is 2. The lowest BCUT2D eigenvalue weighted by Crippen LogP contribution is -2.09. The van der Waals surface area contributed by atoms with Crippen LogP contribution < -0.4 is 11.2 Å². The Morgan fingerprint density at radius 2 is 1.93 bits per heavy atom. The van der Waals surface area contributed by atoms with Crippen molar-refractivity contribution in [3.05, 3.63) is 29.8 Å². The Kier molecular flexibility index (Phi) is 3.05. The van der Waals surface area contributed by atoms with Crippen molar-refractivity contribution in [3.8, 4) is 0 Å². The van der Waals surface area contributed by atoms with Crippen LogP contribution in [0, 0.1) is 11.6 Å². The molecule has 1 rings (SSSR count). The molecule has 0 atom stereocenters. The first-order chi connectivity index (χ1) is 6.65. The smallest absolute Gasteiger partial charge is 0.304 e. The number of hydrogen-bond acceptors (Lipinski definition) is 2. The predicted molar refractivity (Wildman–Crippen MR) is 44.4 cm³/mol. The van der Waals surface area contributed by atoms with Crippen LogP contribution in [0.1, 0.15) is 0 Å². The Hall–Kier alpha value is -2.05. The zero-order valence-corrected chi connectivity index (χ0v) is 6.87. The summed E-state index contributed by atoms with van der Waals surface area (Å²) in [5.74, 6) is 2.77. The van der Waals surface area contributed by atoms with E-state index in [1.54, 1.807) is 0 Å². The third-order valence-corrected chi connectivity index (χ3v) is 1.34. The summed E-state index contributed by atoms with van der Waals surface area (Å²) in [7, 11) is 0. The van der Waals surface area contributed by atoms with Gasteiger partial charge < -0.3 is 5.84 Å². The monoisotopic (exact) mass is 200 g/mol. The van der Waals surface area contributed by atoms with Crippen molar-refractivity contribution in [1.29, 1.82) is 0 Å². The van der Waals surface area contributed by atoms with Crippen LogP contribution in [-0.2, 0) is 0 Å². The number of carbonyl (C=O) groups excluding carboxylic acids is 1. The Balaban J connectivity index is 2.91. The van der Waals surface area contributed by atoms with Gasteiger partial charge in [-0.1, -0.05) is 16.4 Å². The van der Waals surface area contributed by atoms with E-state index < -0.39 is 23.4 Å². The van der Waals surface area contributed by atoms with E-state index in [-0.39, 0.29) is 0 Å². The van der Waals surface area contributed by atoms with Gasteiger partial charge in [0.2, 0.25) is 0 Å². The minimum atomic E-state index is -1.04. The number of halogens is 2. The number of urea groups is 1. The molecule has 74 valence electrons. The highest BCUT2D eigenvalue weighted by atomic mass is 19.1. The first-order valence-corrected chi connectivity index (χ1v) is 3.51. The molecule has 0 aromatic heterocycles. The summed E-state index contributed by atoms with van der Waals surface area (Å²) in [6.45, 7) is 0. The average Bonchev–Trinajstić information content (AvgIpc) is 2.12. The maximum Gasteiger partial charge on any atom is 0.365 e. The largest absolute Gasteiger partial charge is 0.365 e. The van der Waals surface area contributed by atoms with Crippen LogP contribution in [0.3, 0.4) is 0 Å². The molecule has 0 spiro atoms. The van der Waals surface area contributed by atoms with Crippen LogP contribution in [0.2, 0.25) is 0 Å². The summed E-state index contributed by atoms with van der Waals surface area (Å²) < 4.78 is 25.8. The lowest BCUT2D eigenvalue weighted by Gasteiger charge is -2.02. The zero-order chi connectivity index (χ0) is 10.6. The van der Waals surface area contributed by atoms with Crippen molar-refractivity contribution >= 4 is 11.7 Å². The van der Waals surface area contributed by atoms with Gasteiger partial charge in [-0.15, -0.1) is 0 Å². The molecule has 3 N–H and O–H groups in total. The zero-order valence-electron chi connectivity index (χ0n) is 6.87. The number of nitrogens with two attached hydrogens (primary N) is 1. The summed E-state index contributed by atoms with van der Waals surface area (Å²) in [6, 6.07) is 2.12. The fourth-order valence-electron chi connectivity index (χ4n) is 0.802. The molecule has 14 heavy (non-hydrogen) atoms. The fraction of sp³-hybridized carbons (Fsp3) is 0. The van der Waals surface area contributed by atoms with E-state index in [2.05, 4.69) is 16.2 Å². The van der Waals surface area contributed by atoms with E-state index in [1.807, 2.05) is 5.32 Å². The molecule has 0 heterocycles. The number of para-hydroxylation sites is 1. The number of anilines is 1. The lowest BCUT2D eigenvalue weighted by molar-refractivity contribution is 0.258. The van der Waals surface area contributed by atoms with Gasteiger partial charge in [-0.25, -0.2) is 13.6 Å². The second-order valence-electron chi connectivity index (χ2n) is 2.24. The molecule has 0 fully saturated rings. The van der Waals surface area contributed by atoms with Crippen LogP contribution >= 0.6 is 0 Å². The Morgan fingerprint density at radius 3 is 2.43 bits per heavy atom. The number of nitrogens with one attached hydrogen (secondary N) is 1. The number of amides is 2. The summed E-state index contributed by atoms with van der Waals surface area (Å²) in [4.78, 5) is 10.7. The Labute approximate surface area is 77.6 Å². The first-order valence-electron chi connectivity index (χ1n) is 3.51. The van der Waals surface area contributed by atoms with Crippen LogP contribution in [-0.4, -0.2) is 6.03 Å². The third-order valence-electron chi connectivity index (χ3n) is 1.34.